The second-order valence-electron chi connectivity index (χ2n) is 7.73. The summed E-state index contributed by atoms with van der Waals surface area (Å²) in [6.45, 7) is 4.34. The lowest BCUT2D eigenvalue weighted by atomic mass is 9.89. The quantitative estimate of drug-likeness (QED) is 0.757. The number of fused-ring (bicyclic) bond motifs is 4. The van der Waals surface area contributed by atoms with Gasteiger partial charge in [0.1, 0.15) is 22.8 Å². The molecule has 0 aromatic carbocycles. The maximum absolute atomic E-state index is 4.81. The van der Waals surface area contributed by atoms with E-state index < -0.39 is 0 Å². The Hall–Kier alpha value is -1.95. The molecule has 0 bridgehead atoms. The number of nitrogens with zero attached hydrogens (tertiary/aromatic N) is 4. The van der Waals surface area contributed by atoms with E-state index in [1.54, 1.807) is 6.33 Å². The van der Waals surface area contributed by atoms with Crippen molar-refractivity contribution < 1.29 is 0 Å². The van der Waals surface area contributed by atoms with Gasteiger partial charge < -0.3 is 9.88 Å². The predicted octanol–water partition coefficient (Wildman–Crippen LogP) is 4.00. The number of anilines is 1. The molecule has 0 amide bonds. The van der Waals surface area contributed by atoms with Crippen LogP contribution in [0, 0.1) is 5.92 Å². The van der Waals surface area contributed by atoms with E-state index in [0.717, 1.165) is 48.9 Å². The highest BCUT2D eigenvalue weighted by Gasteiger charge is 2.23. The smallest absolute Gasteiger partial charge is 0.138 e. The summed E-state index contributed by atoms with van der Waals surface area (Å²) in [5.74, 6) is 3.05. The van der Waals surface area contributed by atoms with Crippen LogP contribution in [0.4, 0.5) is 5.82 Å². The van der Waals surface area contributed by atoms with Crippen LogP contribution in [0.3, 0.4) is 0 Å². The molecule has 3 aromatic rings. The summed E-state index contributed by atoms with van der Waals surface area (Å²) in [6, 6.07) is 0. The maximum Gasteiger partial charge on any atom is 0.138 e. The van der Waals surface area contributed by atoms with E-state index >= 15 is 0 Å². The van der Waals surface area contributed by atoms with E-state index in [1.165, 1.54) is 53.0 Å². The van der Waals surface area contributed by atoms with Gasteiger partial charge in [0.25, 0.3) is 0 Å². The molecule has 0 spiro atoms. The third-order valence-corrected chi connectivity index (χ3v) is 6.89. The number of thiophene rings is 1. The normalized spacial score (nSPS) is 19.3. The summed E-state index contributed by atoms with van der Waals surface area (Å²) in [4.78, 5) is 16.6. The largest absolute Gasteiger partial charge is 0.369 e. The first-order chi connectivity index (χ1) is 12.8. The Morgan fingerprint density at radius 1 is 1.27 bits per heavy atom. The zero-order valence-electron chi connectivity index (χ0n) is 15.3. The average Bonchev–Trinajstić information content (AvgIpc) is 3.22. The second-order valence-corrected chi connectivity index (χ2v) is 8.81. The van der Waals surface area contributed by atoms with Gasteiger partial charge >= 0.3 is 0 Å². The summed E-state index contributed by atoms with van der Waals surface area (Å²) in [5.41, 5.74) is 2.68. The van der Waals surface area contributed by atoms with E-state index in [4.69, 9.17) is 4.98 Å². The third kappa shape index (κ3) is 2.90. The van der Waals surface area contributed by atoms with Crippen LogP contribution in [-0.4, -0.2) is 26.1 Å². The number of hydrogen-bond acceptors (Lipinski definition) is 5. The van der Waals surface area contributed by atoms with Crippen molar-refractivity contribution in [3.8, 4) is 0 Å². The number of aromatic nitrogens is 4. The Morgan fingerprint density at radius 2 is 2.23 bits per heavy atom. The molecule has 0 fully saturated rings. The molecule has 26 heavy (non-hydrogen) atoms. The molecule has 4 heterocycles. The van der Waals surface area contributed by atoms with Crippen molar-refractivity contribution >= 4 is 27.4 Å². The molecule has 2 aliphatic rings. The van der Waals surface area contributed by atoms with Gasteiger partial charge in [-0.05, 0) is 43.6 Å². The van der Waals surface area contributed by atoms with E-state index in [9.17, 15) is 0 Å². The summed E-state index contributed by atoms with van der Waals surface area (Å²) in [7, 11) is 0. The SMILES string of the molecule is C[C@H]1CCc2c(sc3ncnc(NCCc4cn5c(n4)CCCC5)c23)C1. The number of aryl methyl sites for hydroxylation is 3. The first-order valence-electron chi connectivity index (χ1n) is 9.82. The Kier molecular flexibility index (Phi) is 4.15. The summed E-state index contributed by atoms with van der Waals surface area (Å²) in [5, 5.41) is 4.84. The van der Waals surface area contributed by atoms with Gasteiger partial charge in [0, 0.05) is 37.0 Å². The van der Waals surface area contributed by atoms with Gasteiger partial charge in [0.05, 0.1) is 11.1 Å². The fourth-order valence-corrected chi connectivity index (χ4v) is 5.66. The standard InChI is InChI=1S/C20H25N5S/c1-13-5-6-15-16(10-13)26-20-18(15)19(22-12-23-20)21-8-7-14-11-25-9-3-2-4-17(25)24-14/h11-13H,2-10H2,1H3,(H,21,22,23)/t13-/m0/s1. The lowest BCUT2D eigenvalue weighted by molar-refractivity contribution is 0.509. The molecule has 1 N–H and O–H groups in total. The number of hydrogen-bond donors (Lipinski definition) is 1. The Morgan fingerprint density at radius 3 is 3.15 bits per heavy atom. The van der Waals surface area contributed by atoms with Gasteiger partial charge in [-0.3, -0.25) is 0 Å². The first-order valence-corrected chi connectivity index (χ1v) is 10.6. The fourth-order valence-electron chi connectivity index (χ4n) is 4.31. The Balaban J connectivity index is 1.34. The van der Waals surface area contributed by atoms with Crippen molar-refractivity contribution in [3.63, 3.8) is 0 Å². The molecular formula is C20H25N5S. The van der Waals surface area contributed by atoms with Crippen molar-refractivity contribution in [1.82, 2.24) is 19.5 Å². The minimum atomic E-state index is 0.784. The third-order valence-electron chi connectivity index (χ3n) is 5.72. The van der Waals surface area contributed by atoms with E-state index in [2.05, 4.69) is 33.0 Å². The van der Waals surface area contributed by atoms with Crippen LogP contribution in [0.2, 0.25) is 0 Å². The molecule has 1 atom stereocenters. The van der Waals surface area contributed by atoms with Crippen LogP contribution in [0.25, 0.3) is 10.2 Å². The highest BCUT2D eigenvalue weighted by Crippen LogP contribution is 2.39. The van der Waals surface area contributed by atoms with Gasteiger partial charge in [-0.2, -0.15) is 0 Å². The maximum atomic E-state index is 4.81. The molecule has 0 unspecified atom stereocenters. The molecule has 0 saturated heterocycles. The number of rotatable bonds is 4. The van der Waals surface area contributed by atoms with E-state index in [0.29, 0.717) is 0 Å². The van der Waals surface area contributed by atoms with Crippen molar-refractivity contribution in [3.05, 3.63) is 34.5 Å². The lowest BCUT2D eigenvalue weighted by Crippen LogP contribution is -2.10. The topological polar surface area (TPSA) is 55.6 Å². The van der Waals surface area contributed by atoms with Crippen molar-refractivity contribution in [2.45, 2.75) is 58.4 Å². The zero-order chi connectivity index (χ0) is 17.5. The zero-order valence-corrected chi connectivity index (χ0v) is 16.1. The van der Waals surface area contributed by atoms with Crippen molar-refractivity contribution in [1.29, 1.82) is 0 Å². The van der Waals surface area contributed by atoms with Crippen LogP contribution in [-0.2, 0) is 32.2 Å². The highest BCUT2D eigenvalue weighted by molar-refractivity contribution is 7.19. The van der Waals surface area contributed by atoms with Crippen LogP contribution < -0.4 is 5.32 Å². The van der Waals surface area contributed by atoms with Crippen LogP contribution >= 0.6 is 11.3 Å². The minimum Gasteiger partial charge on any atom is -0.369 e. The van der Waals surface area contributed by atoms with Crippen LogP contribution in [0.5, 0.6) is 0 Å². The predicted molar refractivity (Wildman–Crippen MR) is 106 cm³/mol. The van der Waals surface area contributed by atoms with Crippen molar-refractivity contribution in [2.75, 3.05) is 11.9 Å². The average molecular weight is 368 g/mol. The van der Waals surface area contributed by atoms with Crippen LogP contribution in [0.15, 0.2) is 12.5 Å². The van der Waals surface area contributed by atoms with Crippen molar-refractivity contribution in [2.24, 2.45) is 5.92 Å². The number of imidazole rings is 1. The summed E-state index contributed by atoms with van der Waals surface area (Å²) < 4.78 is 2.33. The van der Waals surface area contributed by atoms with Gasteiger partial charge in [-0.25, -0.2) is 15.0 Å². The molecule has 0 radical (unpaired) electrons. The lowest BCUT2D eigenvalue weighted by Gasteiger charge is -2.18. The Bertz CT molecular complexity index is 918. The molecule has 1 aliphatic heterocycles. The Labute approximate surface area is 157 Å². The second kappa shape index (κ2) is 6.65. The molecule has 5 nitrogen and oxygen atoms in total. The van der Waals surface area contributed by atoms with E-state index in [-0.39, 0.29) is 0 Å². The molecule has 1 aliphatic carbocycles. The monoisotopic (exact) mass is 367 g/mol. The van der Waals surface area contributed by atoms with Gasteiger partial charge in [0.15, 0.2) is 0 Å². The summed E-state index contributed by atoms with van der Waals surface area (Å²) >= 11 is 1.86. The van der Waals surface area contributed by atoms with Gasteiger partial charge in [0.2, 0.25) is 0 Å². The fraction of sp³-hybridized carbons (Fsp3) is 0.550. The first kappa shape index (κ1) is 16.2. The molecular weight excluding hydrogens is 342 g/mol. The highest BCUT2D eigenvalue weighted by atomic mass is 32.1. The number of nitrogens with one attached hydrogen (secondary N) is 1. The summed E-state index contributed by atoms with van der Waals surface area (Å²) in [6.07, 6.45) is 12.2. The van der Waals surface area contributed by atoms with Gasteiger partial charge in [-0.15, -0.1) is 11.3 Å². The molecule has 5 rings (SSSR count). The molecule has 0 saturated carbocycles. The van der Waals surface area contributed by atoms with Crippen LogP contribution in [0.1, 0.15) is 48.1 Å². The molecule has 6 heteroatoms. The minimum absolute atomic E-state index is 0.784. The molecule has 3 aromatic heterocycles. The van der Waals surface area contributed by atoms with E-state index in [1.807, 2.05) is 11.3 Å². The molecule has 136 valence electrons. The van der Waals surface area contributed by atoms with Gasteiger partial charge in [-0.1, -0.05) is 6.92 Å².